The van der Waals surface area contributed by atoms with Gasteiger partial charge in [-0.05, 0) is 25.7 Å². The van der Waals surface area contributed by atoms with Crippen LogP contribution in [0.1, 0.15) is 32.1 Å². The number of piperidine rings is 1. The van der Waals surface area contributed by atoms with E-state index in [9.17, 15) is 8.42 Å². The third-order valence-corrected chi connectivity index (χ3v) is 6.85. The Hall–Kier alpha value is -0.170. The number of methoxy groups -OCH3 is 1. The van der Waals surface area contributed by atoms with E-state index in [1.165, 1.54) is 0 Å². The highest BCUT2D eigenvalue weighted by molar-refractivity contribution is 7.90. The van der Waals surface area contributed by atoms with Crippen LogP contribution in [0.15, 0.2) is 0 Å². The van der Waals surface area contributed by atoms with Crippen LogP contribution in [0.2, 0.25) is 0 Å². The molecule has 2 saturated heterocycles. The van der Waals surface area contributed by atoms with Crippen LogP contribution in [0, 0.1) is 0 Å². The quantitative estimate of drug-likeness (QED) is 0.762. The first kappa shape index (κ1) is 12.8. The molecule has 3 rings (SSSR count). The standard InChI is InChI=1S/C12H21NO4S/c1-16-10-8-12(17-9-10)4-6-13(7-5-12)18(14,15)11-2-3-11/h10-11H,2-9H2,1H3/t10-/m0/s1. The number of hydrogen-bond acceptors (Lipinski definition) is 4. The zero-order chi connectivity index (χ0) is 12.8. The minimum Gasteiger partial charge on any atom is -0.379 e. The fourth-order valence-corrected chi connectivity index (χ4v) is 4.87. The Kier molecular flexibility index (Phi) is 3.17. The largest absolute Gasteiger partial charge is 0.379 e. The van der Waals surface area contributed by atoms with Crippen molar-refractivity contribution in [2.24, 2.45) is 0 Å². The van der Waals surface area contributed by atoms with Crippen LogP contribution >= 0.6 is 0 Å². The highest BCUT2D eigenvalue weighted by Gasteiger charge is 2.47. The summed E-state index contributed by atoms with van der Waals surface area (Å²) in [5.41, 5.74) is -0.129. The van der Waals surface area contributed by atoms with E-state index in [2.05, 4.69) is 0 Å². The van der Waals surface area contributed by atoms with Gasteiger partial charge in [-0.3, -0.25) is 0 Å². The molecule has 3 aliphatic rings. The first-order valence-corrected chi connectivity index (χ1v) is 8.22. The second-order valence-corrected chi connectivity index (χ2v) is 7.91. The molecule has 18 heavy (non-hydrogen) atoms. The molecule has 104 valence electrons. The molecule has 1 atom stereocenters. The van der Waals surface area contributed by atoms with E-state index in [0.29, 0.717) is 19.7 Å². The van der Waals surface area contributed by atoms with Crippen molar-refractivity contribution in [1.82, 2.24) is 4.31 Å². The van der Waals surface area contributed by atoms with Crippen LogP contribution in [0.4, 0.5) is 0 Å². The van der Waals surface area contributed by atoms with Crippen molar-refractivity contribution >= 4 is 10.0 Å². The van der Waals surface area contributed by atoms with E-state index in [1.54, 1.807) is 11.4 Å². The number of nitrogens with zero attached hydrogens (tertiary/aromatic N) is 1. The molecule has 0 unspecified atom stereocenters. The maximum absolute atomic E-state index is 12.1. The van der Waals surface area contributed by atoms with Crippen LogP contribution in [0.25, 0.3) is 0 Å². The summed E-state index contributed by atoms with van der Waals surface area (Å²) in [5.74, 6) is 0. The molecule has 2 heterocycles. The molecule has 0 aromatic carbocycles. The zero-order valence-corrected chi connectivity index (χ0v) is 11.6. The van der Waals surface area contributed by atoms with Crippen LogP contribution in [0.5, 0.6) is 0 Å². The van der Waals surface area contributed by atoms with Gasteiger partial charge in [-0.15, -0.1) is 0 Å². The summed E-state index contributed by atoms with van der Waals surface area (Å²) in [7, 11) is -1.30. The molecule has 0 aromatic heterocycles. The lowest BCUT2D eigenvalue weighted by Gasteiger charge is -2.37. The van der Waals surface area contributed by atoms with Gasteiger partial charge in [-0.1, -0.05) is 0 Å². The third-order valence-electron chi connectivity index (χ3n) is 4.45. The third kappa shape index (κ3) is 2.19. The van der Waals surface area contributed by atoms with E-state index in [0.717, 1.165) is 32.1 Å². The zero-order valence-electron chi connectivity index (χ0n) is 10.8. The van der Waals surface area contributed by atoms with Gasteiger partial charge in [0.05, 0.1) is 23.6 Å². The van der Waals surface area contributed by atoms with Gasteiger partial charge >= 0.3 is 0 Å². The summed E-state index contributed by atoms with van der Waals surface area (Å²) in [6, 6.07) is 0. The first-order chi connectivity index (χ1) is 8.56. The number of ether oxygens (including phenoxy) is 2. The second kappa shape index (κ2) is 4.44. The van der Waals surface area contributed by atoms with Crippen molar-refractivity contribution in [2.75, 3.05) is 26.8 Å². The summed E-state index contributed by atoms with van der Waals surface area (Å²) in [6.07, 6.45) is 4.37. The predicted molar refractivity (Wildman–Crippen MR) is 66.8 cm³/mol. The molecule has 2 aliphatic heterocycles. The molecule has 0 bridgehead atoms. The van der Waals surface area contributed by atoms with Crippen LogP contribution in [-0.4, -0.2) is 56.5 Å². The van der Waals surface area contributed by atoms with Crippen molar-refractivity contribution in [2.45, 2.75) is 49.1 Å². The van der Waals surface area contributed by atoms with Crippen molar-refractivity contribution in [3.63, 3.8) is 0 Å². The normalized spacial score (nSPS) is 33.1. The summed E-state index contributed by atoms with van der Waals surface area (Å²) >= 11 is 0. The van der Waals surface area contributed by atoms with Crippen LogP contribution in [-0.2, 0) is 19.5 Å². The highest BCUT2D eigenvalue weighted by atomic mass is 32.2. The Morgan fingerprint density at radius 3 is 2.44 bits per heavy atom. The van der Waals surface area contributed by atoms with Gasteiger partial charge in [0.2, 0.25) is 10.0 Å². The Labute approximate surface area is 108 Å². The van der Waals surface area contributed by atoms with Gasteiger partial charge in [-0.25, -0.2) is 12.7 Å². The average Bonchev–Trinajstić information content (AvgIpc) is 3.15. The minimum absolute atomic E-state index is 0.0947. The van der Waals surface area contributed by atoms with E-state index in [-0.39, 0.29) is 17.0 Å². The molecule has 0 radical (unpaired) electrons. The van der Waals surface area contributed by atoms with E-state index >= 15 is 0 Å². The van der Waals surface area contributed by atoms with Crippen molar-refractivity contribution in [3.05, 3.63) is 0 Å². The Balaban J connectivity index is 1.61. The van der Waals surface area contributed by atoms with Gasteiger partial charge in [-0.2, -0.15) is 0 Å². The van der Waals surface area contributed by atoms with Gasteiger partial charge in [0.15, 0.2) is 0 Å². The lowest BCUT2D eigenvalue weighted by Crippen LogP contribution is -2.47. The maximum Gasteiger partial charge on any atom is 0.216 e. The lowest BCUT2D eigenvalue weighted by molar-refractivity contribution is -0.0328. The molecule has 1 spiro atoms. The summed E-state index contributed by atoms with van der Waals surface area (Å²) in [5, 5.41) is -0.0947. The molecule has 0 aromatic rings. The number of hydrogen-bond donors (Lipinski definition) is 0. The Morgan fingerprint density at radius 2 is 1.94 bits per heavy atom. The fourth-order valence-electron chi connectivity index (χ4n) is 3.03. The second-order valence-electron chi connectivity index (χ2n) is 5.70. The smallest absolute Gasteiger partial charge is 0.216 e. The van der Waals surface area contributed by atoms with Crippen LogP contribution < -0.4 is 0 Å². The molecule has 1 aliphatic carbocycles. The molecule has 0 amide bonds. The SMILES string of the molecule is CO[C@@H]1COC2(CCN(S(=O)(=O)C3CC3)CC2)C1. The molecular weight excluding hydrogens is 254 g/mol. The van der Waals surface area contributed by atoms with E-state index < -0.39 is 10.0 Å². The lowest BCUT2D eigenvalue weighted by atomic mass is 9.89. The minimum atomic E-state index is -3.01. The summed E-state index contributed by atoms with van der Waals surface area (Å²) < 4.78 is 37.1. The van der Waals surface area contributed by atoms with E-state index in [4.69, 9.17) is 9.47 Å². The molecular formula is C12H21NO4S. The van der Waals surface area contributed by atoms with Gasteiger partial charge < -0.3 is 9.47 Å². The number of sulfonamides is 1. The maximum atomic E-state index is 12.1. The monoisotopic (exact) mass is 275 g/mol. The Bertz CT molecular complexity index is 410. The first-order valence-electron chi connectivity index (χ1n) is 6.71. The van der Waals surface area contributed by atoms with Crippen molar-refractivity contribution < 1.29 is 17.9 Å². The van der Waals surface area contributed by atoms with Crippen LogP contribution in [0.3, 0.4) is 0 Å². The molecule has 5 nitrogen and oxygen atoms in total. The molecule has 6 heteroatoms. The highest BCUT2D eigenvalue weighted by Crippen LogP contribution is 2.39. The summed E-state index contributed by atoms with van der Waals surface area (Å²) in [6.45, 7) is 1.86. The van der Waals surface area contributed by atoms with E-state index in [1.807, 2.05) is 0 Å². The summed E-state index contributed by atoms with van der Waals surface area (Å²) in [4.78, 5) is 0. The van der Waals surface area contributed by atoms with Gasteiger partial charge in [0.25, 0.3) is 0 Å². The molecule has 3 fully saturated rings. The number of rotatable bonds is 3. The molecule has 0 N–H and O–H groups in total. The topological polar surface area (TPSA) is 55.8 Å². The van der Waals surface area contributed by atoms with Gasteiger partial charge in [0, 0.05) is 26.6 Å². The average molecular weight is 275 g/mol. The molecule has 1 saturated carbocycles. The van der Waals surface area contributed by atoms with Gasteiger partial charge in [0.1, 0.15) is 0 Å². The van der Waals surface area contributed by atoms with Crippen molar-refractivity contribution in [3.8, 4) is 0 Å². The Morgan fingerprint density at radius 1 is 1.28 bits per heavy atom. The predicted octanol–water partition coefficient (Wildman–Crippen LogP) is 0.749. The fraction of sp³-hybridized carbons (Fsp3) is 1.00. The van der Waals surface area contributed by atoms with Crippen molar-refractivity contribution in [1.29, 1.82) is 0 Å².